The summed E-state index contributed by atoms with van der Waals surface area (Å²) in [7, 11) is 3.21. The molecule has 6 heteroatoms. The summed E-state index contributed by atoms with van der Waals surface area (Å²) in [4.78, 5) is 25.1. The van der Waals surface area contributed by atoms with Gasteiger partial charge >= 0.3 is 0 Å². The Labute approximate surface area is 166 Å². The molecule has 0 heterocycles. The number of hydrogen-bond acceptors (Lipinski definition) is 4. The zero-order valence-corrected chi connectivity index (χ0v) is 16.9. The van der Waals surface area contributed by atoms with E-state index in [0.717, 1.165) is 16.9 Å². The number of para-hydroxylation sites is 1. The molecule has 2 aromatic carbocycles. The van der Waals surface area contributed by atoms with E-state index in [1.54, 1.807) is 28.1 Å². The van der Waals surface area contributed by atoms with Gasteiger partial charge in [-0.15, -0.1) is 0 Å². The van der Waals surface area contributed by atoms with Crippen LogP contribution < -0.4 is 20.1 Å². The van der Waals surface area contributed by atoms with E-state index >= 15 is 0 Å². The van der Waals surface area contributed by atoms with E-state index in [9.17, 15) is 9.59 Å². The zero-order valence-electron chi connectivity index (χ0n) is 16.9. The summed E-state index contributed by atoms with van der Waals surface area (Å²) in [6.07, 6.45) is 0.675. The number of carbonyl (C=O) groups excluding carboxylic acids is 2. The normalized spacial score (nSPS) is 10.9. The molecule has 0 spiro atoms. The second-order valence-electron chi connectivity index (χ2n) is 6.97. The smallest absolute Gasteiger partial charge is 0.235 e. The van der Waals surface area contributed by atoms with Crippen LogP contribution in [0.1, 0.15) is 25.0 Å². The highest BCUT2D eigenvalue weighted by Crippen LogP contribution is 2.19. The Balaban J connectivity index is 1.85. The topological polar surface area (TPSA) is 76.7 Å². The van der Waals surface area contributed by atoms with Crippen molar-refractivity contribution in [1.29, 1.82) is 0 Å². The second-order valence-corrected chi connectivity index (χ2v) is 6.97. The van der Waals surface area contributed by atoms with Crippen LogP contribution in [0, 0.1) is 5.41 Å². The first kappa shape index (κ1) is 21.3. The maximum absolute atomic E-state index is 12.6. The van der Waals surface area contributed by atoms with Gasteiger partial charge in [-0.3, -0.25) is 9.59 Å². The fourth-order valence-corrected chi connectivity index (χ4v) is 2.68. The summed E-state index contributed by atoms with van der Waals surface area (Å²) < 4.78 is 10.4. The molecule has 2 N–H and O–H groups in total. The minimum absolute atomic E-state index is 0.297. The number of carbonyl (C=O) groups is 2. The van der Waals surface area contributed by atoms with Crippen molar-refractivity contribution in [1.82, 2.24) is 10.6 Å². The fourth-order valence-electron chi connectivity index (χ4n) is 2.68. The first-order valence-corrected chi connectivity index (χ1v) is 9.20. The maximum Gasteiger partial charge on any atom is 0.235 e. The van der Waals surface area contributed by atoms with E-state index in [1.807, 2.05) is 48.5 Å². The van der Waals surface area contributed by atoms with Gasteiger partial charge in [-0.25, -0.2) is 0 Å². The lowest BCUT2D eigenvalue weighted by atomic mass is 9.91. The lowest BCUT2D eigenvalue weighted by Gasteiger charge is -2.23. The molecule has 150 valence electrons. The van der Waals surface area contributed by atoms with Crippen molar-refractivity contribution < 1.29 is 19.1 Å². The summed E-state index contributed by atoms with van der Waals surface area (Å²) in [5.74, 6) is 0.851. The van der Waals surface area contributed by atoms with Crippen molar-refractivity contribution in [3.8, 4) is 11.5 Å². The third-order valence-corrected chi connectivity index (χ3v) is 4.63. The van der Waals surface area contributed by atoms with Crippen molar-refractivity contribution in [2.75, 3.05) is 20.8 Å². The summed E-state index contributed by atoms with van der Waals surface area (Å²) in [6.45, 7) is 3.99. The molecule has 0 unspecified atom stereocenters. The number of amides is 2. The Morgan fingerprint density at radius 2 is 1.54 bits per heavy atom. The Morgan fingerprint density at radius 3 is 2.18 bits per heavy atom. The number of nitrogens with one attached hydrogen (secondary N) is 2. The van der Waals surface area contributed by atoms with Gasteiger partial charge in [0.25, 0.3) is 0 Å². The van der Waals surface area contributed by atoms with Crippen LogP contribution in [0.5, 0.6) is 11.5 Å². The molecule has 2 aromatic rings. The first-order valence-electron chi connectivity index (χ1n) is 9.20. The molecule has 6 nitrogen and oxygen atoms in total. The van der Waals surface area contributed by atoms with Crippen LogP contribution in [-0.2, 0) is 22.6 Å². The predicted octanol–water partition coefficient (Wildman–Crippen LogP) is 2.71. The van der Waals surface area contributed by atoms with Crippen LogP contribution in [0.25, 0.3) is 0 Å². The third kappa shape index (κ3) is 5.49. The van der Waals surface area contributed by atoms with Crippen LogP contribution in [0.15, 0.2) is 48.5 Å². The molecule has 0 aromatic heterocycles. The van der Waals surface area contributed by atoms with Gasteiger partial charge in [-0.1, -0.05) is 30.3 Å². The van der Waals surface area contributed by atoms with Gasteiger partial charge in [-0.05, 0) is 44.0 Å². The number of benzene rings is 2. The van der Waals surface area contributed by atoms with E-state index in [4.69, 9.17) is 9.47 Å². The van der Waals surface area contributed by atoms with Gasteiger partial charge in [0.1, 0.15) is 16.9 Å². The second kappa shape index (κ2) is 9.78. The number of methoxy groups -OCH3 is 2. The minimum atomic E-state index is -1.18. The van der Waals surface area contributed by atoms with Gasteiger partial charge in [0, 0.05) is 18.7 Å². The summed E-state index contributed by atoms with van der Waals surface area (Å²) in [5, 5.41) is 5.67. The van der Waals surface area contributed by atoms with Crippen LogP contribution >= 0.6 is 0 Å². The third-order valence-electron chi connectivity index (χ3n) is 4.63. The van der Waals surface area contributed by atoms with Crippen molar-refractivity contribution >= 4 is 11.8 Å². The highest BCUT2D eigenvalue weighted by molar-refractivity contribution is 6.04. The fraction of sp³-hybridized carbons (Fsp3) is 0.364. The van der Waals surface area contributed by atoms with Crippen LogP contribution in [0.2, 0.25) is 0 Å². The zero-order chi connectivity index (χ0) is 20.6. The highest BCUT2D eigenvalue weighted by atomic mass is 16.5. The molecule has 0 fully saturated rings. The van der Waals surface area contributed by atoms with Gasteiger partial charge in [0.2, 0.25) is 11.8 Å². The van der Waals surface area contributed by atoms with Crippen molar-refractivity contribution in [3.05, 3.63) is 59.7 Å². The quantitative estimate of drug-likeness (QED) is 0.652. The van der Waals surface area contributed by atoms with Gasteiger partial charge in [0.15, 0.2) is 0 Å². The number of hydrogen-bond donors (Lipinski definition) is 2. The average Bonchev–Trinajstić information content (AvgIpc) is 2.72. The minimum Gasteiger partial charge on any atom is -0.497 e. The molecule has 0 saturated heterocycles. The van der Waals surface area contributed by atoms with Crippen molar-refractivity contribution in [2.45, 2.75) is 26.8 Å². The molecular formula is C22H28N2O4. The standard InChI is InChI=1S/C22H28N2O4/c1-22(2,21(26)24-15-17-7-5-6-8-19(17)28-4)20(25)23-14-13-16-9-11-18(27-3)12-10-16/h5-12H,13-15H2,1-4H3,(H,23,25)(H,24,26). The maximum atomic E-state index is 12.6. The van der Waals surface area contributed by atoms with Gasteiger partial charge in [-0.2, -0.15) is 0 Å². The molecule has 0 atom stereocenters. The van der Waals surface area contributed by atoms with Gasteiger partial charge in [0.05, 0.1) is 14.2 Å². The molecule has 0 radical (unpaired) electrons. The molecular weight excluding hydrogens is 356 g/mol. The van der Waals surface area contributed by atoms with E-state index in [1.165, 1.54) is 0 Å². The Morgan fingerprint density at radius 1 is 0.893 bits per heavy atom. The molecule has 0 saturated carbocycles. The van der Waals surface area contributed by atoms with E-state index < -0.39 is 5.41 Å². The van der Waals surface area contributed by atoms with Crippen LogP contribution in [-0.4, -0.2) is 32.6 Å². The highest BCUT2D eigenvalue weighted by Gasteiger charge is 2.35. The van der Waals surface area contributed by atoms with Crippen molar-refractivity contribution in [3.63, 3.8) is 0 Å². The number of rotatable bonds is 9. The molecule has 0 aliphatic carbocycles. The molecule has 28 heavy (non-hydrogen) atoms. The molecule has 2 rings (SSSR count). The summed E-state index contributed by atoms with van der Waals surface area (Å²) in [5.41, 5.74) is 0.760. The molecule has 0 aliphatic rings. The molecule has 0 aliphatic heterocycles. The van der Waals surface area contributed by atoms with Gasteiger partial charge < -0.3 is 20.1 Å². The SMILES string of the molecule is COc1ccc(CCNC(=O)C(C)(C)C(=O)NCc2ccccc2OC)cc1. The monoisotopic (exact) mass is 384 g/mol. The molecule has 2 amide bonds. The van der Waals surface area contributed by atoms with Crippen molar-refractivity contribution in [2.24, 2.45) is 5.41 Å². The Bertz CT molecular complexity index is 800. The molecule has 0 bridgehead atoms. The lowest BCUT2D eigenvalue weighted by Crippen LogP contribution is -2.48. The van der Waals surface area contributed by atoms with E-state index in [-0.39, 0.29) is 11.8 Å². The lowest BCUT2D eigenvalue weighted by molar-refractivity contribution is -0.141. The van der Waals surface area contributed by atoms with E-state index in [2.05, 4.69) is 10.6 Å². The van der Waals surface area contributed by atoms with E-state index in [0.29, 0.717) is 25.3 Å². The Hall–Kier alpha value is -3.02. The Kier molecular flexibility index (Phi) is 7.44. The summed E-state index contributed by atoms with van der Waals surface area (Å²) >= 11 is 0. The van der Waals surface area contributed by atoms with Crippen LogP contribution in [0.3, 0.4) is 0 Å². The predicted molar refractivity (Wildman–Crippen MR) is 108 cm³/mol. The largest absolute Gasteiger partial charge is 0.497 e. The first-order chi connectivity index (χ1) is 13.4. The van der Waals surface area contributed by atoms with Crippen LogP contribution in [0.4, 0.5) is 0 Å². The summed E-state index contributed by atoms with van der Waals surface area (Å²) in [6, 6.07) is 15.1. The number of ether oxygens (including phenoxy) is 2. The average molecular weight is 384 g/mol.